The molecule has 0 saturated carbocycles. The van der Waals surface area contributed by atoms with E-state index in [1.54, 1.807) is 6.92 Å². The van der Waals surface area contributed by atoms with E-state index < -0.39 is 18.0 Å². The minimum Gasteiger partial charge on any atom is -0.416 e. The standard InChI is InChI=1S/C23H23NO4/c1-23(19(25)13-14-20(28-23)27-22(26)24-2)21-17-9-5-3-7-15(17)11-12-16-8-4-6-10-18(16)21/h3-10,13-14,20-21H,11-12H2,1-2H3,(H,24,26)/t20-,23+/m0/s1. The van der Waals surface area contributed by atoms with Crippen molar-refractivity contribution in [3.05, 3.63) is 82.9 Å². The molecule has 0 fully saturated rings. The monoisotopic (exact) mass is 377 g/mol. The van der Waals surface area contributed by atoms with E-state index in [-0.39, 0.29) is 11.7 Å². The normalized spacial score (nSPS) is 24.1. The molecule has 0 saturated heterocycles. The van der Waals surface area contributed by atoms with E-state index in [1.807, 2.05) is 24.3 Å². The van der Waals surface area contributed by atoms with Crippen LogP contribution in [0.2, 0.25) is 0 Å². The van der Waals surface area contributed by atoms with Crippen LogP contribution in [-0.2, 0) is 27.1 Å². The Bertz CT molecular complexity index is 904. The molecule has 1 amide bonds. The fourth-order valence-electron chi connectivity index (χ4n) is 4.23. The maximum atomic E-state index is 13.1. The fourth-order valence-corrected chi connectivity index (χ4v) is 4.23. The van der Waals surface area contributed by atoms with Crippen LogP contribution in [0.5, 0.6) is 0 Å². The Morgan fingerprint density at radius 3 is 2.21 bits per heavy atom. The maximum absolute atomic E-state index is 13.1. The molecule has 2 aliphatic rings. The highest BCUT2D eigenvalue weighted by Gasteiger charge is 2.48. The van der Waals surface area contributed by atoms with Crippen LogP contribution in [0, 0.1) is 0 Å². The number of nitrogens with one attached hydrogen (secondary N) is 1. The van der Waals surface area contributed by atoms with E-state index in [4.69, 9.17) is 9.47 Å². The van der Waals surface area contributed by atoms with Crippen LogP contribution >= 0.6 is 0 Å². The minimum absolute atomic E-state index is 0.138. The molecule has 1 aliphatic carbocycles. The fraction of sp³-hybridized carbons (Fsp3) is 0.304. The van der Waals surface area contributed by atoms with E-state index in [2.05, 4.69) is 29.6 Å². The van der Waals surface area contributed by atoms with Crippen LogP contribution in [0.25, 0.3) is 0 Å². The molecule has 2 aromatic rings. The first-order valence-corrected chi connectivity index (χ1v) is 9.47. The molecule has 28 heavy (non-hydrogen) atoms. The number of ketones is 1. The van der Waals surface area contributed by atoms with Gasteiger partial charge in [0.2, 0.25) is 6.29 Å². The SMILES string of the molecule is CNC(=O)O[C@@H]1C=CC(=O)[C@](C)(C2c3ccccc3CCc3ccccc32)O1. The summed E-state index contributed by atoms with van der Waals surface area (Å²) in [7, 11) is 1.48. The number of carbonyl (C=O) groups excluding carboxylic acids is 2. The summed E-state index contributed by atoms with van der Waals surface area (Å²) in [5.41, 5.74) is 3.39. The van der Waals surface area contributed by atoms with Gasteiger partial charge in [-0.05, 0) is 54.2 Å². The average Bonchev–Trinajstić information content (AvgIpc) is 2.88. The summed E-state index contributed by atoms with van der Waals surface area (Å²) in [5.74, 6) is -0.434. The Morgan fingerprint density at radius 1 is 1.07 bits per heavy atom. The number of rotatable bonds is 2. The van der Waals surface area contributed by atoms with Gasteiger partial charge in [-0.25, -0.2) is 4.79 Å². The number of amides is 1. The van der Waals surface area contributed by atoms with Gasteiger partial charge in [-0.2, -0.15) is 0 Å². The second kappa shape index (κ2) is 7.24. The average molecular weight is 377 g/mol. The second-order valence-electron chi connectivity index (χ2n) is 7.30. The zero-order valence-electron chi connectivity index (χ0n) is 16.0. The zero-order chi connectivity index (χ0) is 19.7. The highest BCUT2D eigenvalue weighted by molar-refractivity contribution is 5.99. The van der Waals surface area contributed by atoms with E-state index in [1.165, 1.54) is 30.3 Å². The van der Waals surface area contributed by atoms with Crippen LogP contribution in [-0.4, -0.2) is 30.8 Å². The van der Waals surface area contributed by atoms with Crippen molar-refractivity contribution in [2.75, 3.05) is 7.05 Å². The molecule has 0 bridgehead atoms. The quantitative estimate of drug-likeness (QED) is 0.870. The molecule has 0 spiro atoms. The number of fused-ring (bicyclic) bond motifs is 2. The van der Waals surface area contributed by atoms with E-state index in [9.17, 15) is 9.59 Å². The van der Waals surface area contributed by atoms with Gasteiger partial charge in [0, 0.05) is 13.0 Å². The predicted molar refractivity (Wildman–Crippen MR) is 105 cm³/mol. The molecule has 0 unspecified atom stereocenters. The Hall–Kier alpha value is -2.92. The van der Waals surface area contributed by atoms with E-state index in [0.717, 1.165) is 24.0 Å². The molecule has 0 aromatic heterocycles. The van der Waals surface area contributed by atoms with Crippen molar-refractivity contribution in [3.8, 4) is 0 Å². The summed E-state index contributed by atoms with van der Waals surface area (Å²) in [6.45, 7) is 1.79. The number of hydrogen-bond acceptors (Lipinski definition) is 4. The maximum Gasteiger partial charge on any atom is 0.409 e. The third-order valence-corrected chi connectivity index (χ3v) is 5.63. The molecule has 144 valence electrons. The van der Waals surface area contributed by atoms with Crippen molar-refractivity contribution >= 4 is 11.9 Å². The third-order valence-electron chi connectivity index (χ3n) is 5.63. The predicted octanol–water partition coefficient (Wildman–Crippen LogP) is 3.51. The molecule has 1 N–H and O–H groups in total. The molecular weight excluding hydrogens is 354 g/mol. The molecule has 0 radical (unpaired) electrons. The van der Waals surface area contributed by atoms with Crippen LogP contribution in [0.1, 0.15) is 35.1 Å². The summed E-state index contributed by atoms with van der Waals surface area (Å²) >= 11 is 0. The highest BCUT2D eigenvalue weighted by atomic mass is 16.7. The summed E-state index contributed by atoms with van der Waals surface area (Å²) in [5, 5.41) is 2.41. The molecular formula is C23H23NO4. The topological polar surface area (TPSA) is 64.6 Å². The summed E-state index contributed by atoms with van der Waals surface area (Å²) in [6, 6.07) is 16.4. The summed E-state index contributed by atoms with van der Waals surface area (Å²) in [6.07, 6.45) is 3.23. The number of carbonyl (C=O) groups is 2. The summed E-state index contributed by atoms with van der Waals surface area (Å²) in [4.78, 5) is 24.7. The molecule has 5 nitrogen and oxygen atoms in total. The van der Waals surface area contributed by atoms with Gasteiger partial charge in [0.05, 0.1) is 0 Å². The van der Waals surface area contributed by atoms with E-state index >= 15 is 0 Å². The third kappa shape index (κ3) is 3.12. The van der Waals surface area contributed by atoms with Crippen LogP contribution < -0.4 is 5.32 Å². The Balaban J connectivity index is 1.84. The summed E-state index contributed by atoms with van der Waals surface area (Å²) < 4.78 is 11.4. The lowest BCUT2D eigenvalue weighted by molar-refractivity contribution is -0.177. The number of aryl methyl sites for hydroxylation is 2. The van der Waals surface area contributed by atoms with Gasteiger partial charge >= 0.3 is 6.09 Å². The Labute approximate surface area is 164 Å². The van der Waals surface area contributed by atoms with Gasteiger partial charge < -0.3 is 14.8 Å². The molecule has 1 heterocycles. The van der Waals surface area contributed by atoms with Crippen LogP contribution in [0.4, 0.5) is 4.79 Å². The van der Waals surface area contributed by atoms with Crippen molar-refractivity contribution < 1.29 is 19.1 Å². The van der Waals surface area contributed by atoms with Crippen LogP contribution in [0.3, 0.4) is 0 Å². The van der Waals surface area contributed by atoms with Crippen LogP contribution in [0.15, 0.2) is 60.7 Å². The van der Waals surface area contributed by atoms with Gasteiger partial charge in [-0.1, -0.05) is 48.5 Å². The smallest absolute Gasteiger partial charge is 0.409 e. The van der Waals surface area contributed by atoms with E-state index in [0.29, 0.717) is 0 Å². The Morgan fingerprint density at radius 2 is 1.64 bits per heavy atom. The number of hydrogen-bond donors (Lipinski definition) is 1. The zero-order valence-corrected chi connectivity index (χ0v) is 16.0. The lowest BCUT2D eigenvalue weighted by Crippen LogP contribution is -2.50. The van der Waals surface area contributed by atoms with Gasteiger partial charge in [-0.3, -0.25) is 4.79 Å². The molecule has 2 atom stereocenters. The number of benzene rings is 2. The minimum atomic E-state index is -1.19. The number of ether oxygens (including phenoxy) is 2. The molecule has 1 aliphatic heterocycles. The lowest BCUT2D eigenvalue weighted by atomic mass is 9.73. The van der Waals surface area contributed by atoms with Crippen molar-refractivity contribution in [2.45, 2.75) is 37.6 Å². The van der Waals surface area contributed by atoms with Gasteiger partial charge in [0.1, 0.15) is 5.60 Å². The van der Waals surface area contributed by atoms with Crippen molar-refractivity contribution in [1.82, 2.24) is 5.32 Å². The largest absolute Gasteiger partial charge is 0.416 e. The second-order valence-corrected chi connectivity index (χ2v) is 7.30. The molecule has 2 aromatic carbocycles. The van der Waals surface area contributed by atoms with Gasteiger partial charge in [-0.15, -0.1) is 0 Å². The number of alkyl carbamates (subject to hydrolysis) is 1. The van der Waals surface area contributed by atoms with Crippen molar-refractivity contribution in [1.29, 1.82) is 0 Å². The first kappa shape index (κ1) is 18.4. The highest BCUT2D eigenvalue weighted by Crippen LogP contribution is 2.45. The van der Waals surface area contributed by atoms with Crippen molar-refractivity contribution in [3.63, 3.8) is 0 Å². The first-order chi connectivity index (χ1) is 13.5. The first-order valence-electron chi connectivity index (χ1n) is 9.47. The van der Waals surface area contributed by atoms with Gasteiger partial charge in [0.25, 0.3) is 0 Å². The molecule has 5 heteroatoms. The lowest BCUT2D eigenvalue weighted by Gasteiger charge is -2.40. The van der Waals surface area contributed by atoms with Gasteiger partial charge in [0.15, 0.2) is 5.78 Å². The van der Waals surface area contributed by atoms with Crippen molar-refractivity contribution in [2.24, 2.45) is 0 Å². The Kier molecular flexibility index (Phi) is 4.77. The molecule has 4 rings (SSSR count).